The zero-order valence-corrected chi connectivity index (χ0v) is 13.1. The van der Waals surface area contributed by atoms with Gasteiger partial charge in [0.1, 0.15) is 5.76 Å². The molecule has 6 heteroatoms. The van der Waals surface area contributed by atoms with E-state index in [4.69, 9.17) is 4.42 Å². The van der Waals surface area contributed by atoms with E-state index in [9.17, 15) is 4.79 Å². The van der Waals surface area contributed by atoms with Crippen LogP contribution in [0.25, 0.3) is 0 Å². The molecular formula is C16H22N4O2. The number of aromatic nitrogens is 2. The van der Waals surface area contributed by atoms with Gasteiger partial charge in [-0.3, -0.25) is 14.8 Å². The van der Waals surface area contributed by atoms with E-state index in [1.807, 2.05) is 31.1 Å². The minimum absolute atomic E-state index is 0.00807. The van der Waals surface area contributed by atoms with E-state index in [2.05, 4.69) is 15.5 Å². The Morgan fingerprint density at radius 2 is 2.27 bits per heavy atom. The minimum Gasteiger partial charge on any atom is -0.468 e. The van der Waals surface area contributed by atoms with Crippen LogP contribution < -0.4 is 5.32 Å². The molecule has 0 fully saturated rings. The molecule has 118 valence electrons. The third-order valence-electron chi connectivity index (χ3n) is 4.22. The lowest BCUT2D eigenvalue weighted by Crippen LogP contribution is -2.35. The second kappa shape index (κ2) is 6.36. The summed E-state index contributed by atoms with van der Waals surface area (Å²) in [6, 6.07) is 3.79. The van der Waals surface area contributed by atoms with Gasteiger partial charge >= 0.3 is 0 Å². The number of nitrogens with zero attached hydrogens (tertiary/aromatic N) is 2. The van der Waals surface area contributed by atoms with Crippen molar-refractivity contribution in [2.24, 2.45) is 0 Å². The standard InChI is InChI=1S/C16H22N4O2/c1-20(2)13(14-8-5-9-22-14)10-17-16(21)15-11-6-3-4-7-12(11)18-19-15/h5,8-9,13H,3-4,6-7,10H2,1-2H3,(H,17,21)(H,18,19). The average molecular weight is 302 g/mol. The van der Waals surface area contributed by atoms with Gasteiger partial charge in [0.15, 0.2) is 5.69 Å². The van der Waals surface area contributed by atoms with E-state index >= 15 is 0 Å². The lowest BCUT2D eigenvalue weighted by Gasteiger charge is -2.22. The van der Waals surface area contributed by atoms with Gasteiger partial charge in [0.05, 0.1) is 12.3 Å². The van der Waals surface area contributed by atoms with Gasteiger partial charge in [-0.2, -0.15) is 5.10 Å². The van der Waals surface area contributed by atoms with E-state index in [1.54, 1.807) is 6.26 Å². The topological polar surface area (TPSA) is 74.2 Å². The Bertz CT molecular complexity index is 631. The fourth-order valence-electron chi connectivity index (χ4n) is 2.96. The maximum atomic E-state index is 12.4. The molecule has 0 aliphatic heterocycles. The number of likely N-dealkylation sites (N-methyl/N-ethyl adjacent to an activating group) is 1. The Hall–Kier alpha value is -2.08. The Balaban J connectivity index is 1.68. The second-order valence-corrected chi connectivity index (χ2v) is 5.94. The molecular weight excluding hydrogens is 280 g/mol. The number of carbonyl (C=O) groups excluding carboxylic acids is 1. The first-order chi connectivity index (χ1) is 10.7. The van der Waals surface area contributed by atoms with Crippen LogP contribution in [0, 0.1) is 0 Å². The van der Waals surface area contributed by atoms with E-state index in [0.29, 0.717) is 12.2 Å². The van der Waals surface area contributed by atoms with Crippen molar-refractivity contribution >= 4 is 5.91 Å². The largest absolute Gasteiger partial charge is 0.468 e. The number of H-pyrrole nitrogens is 1. The zero-order chi connectivity index (χ0) is 15.5. The van der Waals surface area contributed by atoms with Crippen LogP contribution in [0.1, 0.15) is 46.4 Å². The highest BCUT2D eigenvalue weighted by atomic mass is 16.3. The molecule has 2 N–H and O–H groups in total. The monoisotopic (exact) mass is 302 g/mol. The highest BCUT2D eigenvalue weighted by molar-refractivity contribution is 5.94. The fourth-order valence-corrected chi connectivity index (χ4v) is 2.96. The van der Waals surface area contributed by atoms with Crippen LogP contribution in [0.3, 0.4) is 0 Å². The van der Waals surface area contributed by atoms with Crippen molar-refractivity contribution in [3.05, 3.63) is 41.1 Å². The Morgan fingerprint density at radius 1 is 1.45 bits per heavy atom. The summed E-state index contributed by atoms with van der Waals surface area (Å²) >= 11 is 0. The number of furan rings is 1. The minimum atomic E-state index is -0.113. The molecule has 0 aromatic carbocycles. The molecule has 0 spiro atoms. The molecule has 2 aromatic rings. The SMILES string of the molecule is CN(C)C(CNC(=O)c1n[nH]c2c1CCCC2)c1ccco1. The first-order valence-electron chi connectivity index (χ1n) is 7.71. The summed E-state index contributed by atoms with van der Waals surface area (Å²) in [7, 11) is 3.94. The molecule has 1 atom stereocenters. The zero-order valence-electron chi connectivity index (χ0n) is 13.1. The first kappa shape index (κ1) is 14.8. The molecule has 0 saturated heterocycles. The van der Waals surface area contributed by atoms with Crippen molar-refractivity contribution < 1.29 is 9.21 Å². The summed E-state index contributed by atoms with van der Waals surface area (Å²) < 4.78 is 5.46. The van der Waals surface area contributed by atoms with Gasteiger partial charge in [0, 0.05) is 17.8 Å². The third-order valence-corrected chi connectivity index (χ3v) is 4.22. The third kappa shape index (κ3) is 2.92. The van der Waals surface area contributed by atoms with Gasteiger partial charge in [-0.25, -0.2) is 0 Å². The van der Waals surface area contributed by atoms with E-state index in [1.165, 1.54) is 0 Å². The van der Waals surface area contributed by atoms with Crippen molar-refractivity contribution in [1.29, 1.82) is 0 Å². The second-order valence-electron chi connectivity index (χ2n) is 5.94. The molecule has 3 rings (SSSR count). The van der Waals surface area contributed by atoms with Crippen molar-refractivity contribution in [3.63, 3.8) is 0 Å². The van der Waals surface area contributed by atoms with Crippen LogP contribution in [0.15, 0.2) is 22.8 Å². The van der Waals surface area contributed by atoms with Crippen LogP contribution >= 0.6 is 0 Å². The molecule has 1 amide bonds. The maximum Gasteiger partial charge on any atom is 0.272 e. The molecule has 0 bridgehead atoms. The summed E-state index contributed by atoms with van der Waals surface area (Å²) in [5.74, 6) is 0.729. The van der Waals surface area contributed by atoms with Crippen LogP contribution in [-0.2, 0) is 12.8 Å². The van der Waals surface area contributed by atoms with Crippen LogP contribution in [-0.4, -0.2) is 41.6 Å². The number of aryl methyl sites for hydroxylation is 1. The molecule has 1 unspecified atom stereocenters. The van der Waals surface area contributed by atoms with Gasteiger partial charge in [0.2, 0.25) is 0 Å². The van der Waals surface area contributed by atoms with Crippen LogP contribution in [0.4, 0.5) is 0 Å². The van der Waals surface area contributed by atoms with E-state index in [0.717, 1.165) is 42.7 Å². The first-order valence-corrected chi connectivity index (χ1v) is 7.71. The summed E-state index contributed by atoms with van der Waals surface area (Å²) in [4.78, 5) is 14.5. The maximum absolute atomic E-state index is 12.4. The van der Waals surface area contributed by atoms with Gasteiger partial charge in [-0.1, -0.05) is 0 Å². The Labute approximate surface area is 129 Å². The molecule has 0 radical (unpaired) electrons. The Morgan fingerprint density at radius 3 is 3.00 bits per heavy atom. The van der Waals surface area contributed by atoms with Crippen LogP contribution in [0.5, 0.6) is 0 Å². The molecule has 0 saturated carbocycles. The summed E-state index contributed by atoms with van der Waals surface area (Å²) in [6.45, 7) is 0.487. The predicted molar refractivity (Wildman–Crippen MR) is 82.7 cm³/mol. The average Bonchev–Trinajstić information content (AvgIpc) is 3.16. The number of fused-ring (bicyclic) bond motifs is 1. The van der Waals surface area contributed by atoms with Gasteiger partial charge in [-0.05, 0) is 51.9 Å². The normalized spacial score (nSPS) is 15.6. The van der Waals surface area contributed by atoms with Crippen molar-refractivity contribution in [1.82, 2.24) is 20.4 Å². The molecule has 2 aromatic heterocycles. The highest BCUT2D eigenvalue weighted by Gasteiger charge is 2.23. The number of rotatable bonds is 5. The van der Waals surface area contributed by atoms with Gasteiger partial charge in [0.25, 0.3) is 5.91 Å². The van der Waals surface area contributed by atoms with Crippen molar-refractivity contribution in [3.8, 4) is 0 Å². The smallest absolute Gasteiger partial charge is 0.272 e. The van der Waals surface area contributed by atoms with Crippen molar-refractivity contribution in [2.45, 2.75) is 31.7 Å². The number of aromatic amines is 1. The Kier molecular flexibility index (Phi) is 4.29. The molecule has 2 heterocycles. The van der Waals surface area contributed by atoms with Gasteiger partial charge < -0.3 is 9.73 Å². The van der Waals surface area contributed by atoms with Crippen LogP contribution in [0.2, 0.25) is 0 Å². The van der Waals surface area contributed by atoms with Gasteiger partial charge in [-0.15, -0.1) is 0 Å². The molecule has 1 aliphatic rings. The number of hydrogen-bond acceptors (Lipinski definition) is 4. The summed E-state index contributed by atoms with van der Waals surface area (Å²) in [5.41, 5.74) is 2.75. The number of amides is 1. The molecule has 6 nitrogen and oxygen atoms in total. The lowest BCUT2D eigenvalue weighted by molar-refractivity contribution is 0.0933. The van der Waals surface area contributed by atoms with E-state index < -0.39 is 0 Å². The number of carbonyl (C=O) groups is 1. The van der Waals surface area contributed by atoms with E-state index in [-0.39, 0.29) is 11.9 Å². The number of hydrogen-bond donors (Lipinski definition) is 2. The lowest BCUT2D eigenvalue weighted by atomic mass is 9.96. The number of nitrogens with one attached hydrogen (secondary N) is 2. The van der Waals surface area contributed by atoms with Crippen molar-refractivity contribution in [2.75, 3.05) is 20.6 Å². The summed E-state index contributed by atoms with van der Waals surface area (Å²) in [5, 5.41) is 10.2. The highest BCUT2D eigenvalue weighted by Crippen LogP contribution is 2.22. The quantitative estimate of drug-likeness (QED) is 0.885. The predicted octanol–water partition coefficient (Wildman–Crippen LogP) is 1.91. The summed E-state index contributed by atoms with van der Waals surface area (Å²) in [6.07, 6.45) is 5.86. The molecule has 22 heavy (non-hydrogen) atoms. The fraction of sp³-hybridized carbons (Fsp3) is 0.500. The molecule has 1 aliphatic carbocycles.